The van der Waals surface area contributed by atoms with Crippen molar-refractivity contribution >= 4 is 12.6 Å². The normalized spacial score (nSPS) is 26.6. The third-order valence-electron chi connectivity index (χ3n) is 2.61. The Bertz CT molecular complexity index is 241. The summed E-state index contributed by atoms with van der Waals surface area (Å²) in [6.45, 7) is 10.1. The zero-order chi connectivity index (χ0) is 11.3. The van der Waals surface area contributed by atoms with E-state index in [4.69, 9.17) is 0 Å². The fourth-order valence-electron chi connectivity index (χ4n) is 1.46. The largest absolute Gasteiger partial charge is 0.385 e. The minimum Gasteiger partial charge on any atom is -0.385 e. The Kier molecular flexibility index (Phi) is 6.21. The van der Waals surface area contributed by atoms with Crippen molar-refractivity contribution < 1.29 is 5.11 Å². The molecule has 0 aromatic heterocycles. The van der Waals surface area contributed by atoms with Gasteiger partial charge in [0.15, 0.2) is 0 Å². The van der Waals surface area contributed by atoms with Gasteiger partial charge in [-0.1, -0.05) is 38.0 Å². The molecule has 1 N–H and O–H groups in total. The van der Waals surface area contributed by atoms with Crippen LogP contribution in [0.2, 0.25) is 0 Å². The topological polar surface area (TPSA) is 20.2 Å². The van der Waals surface area contributed by atoms with Crippen molar-refractivity contribution in [2.75, 3.05) is 0 Å². The molecule has 0 radical (unpaired) electrons. The Balaban J connectivity index is 0.000000791. The molecule has 0 aromatic carbocycles. The summed E-state index contributed by atoms with van der Waals surface area (Å²) in [6, 6.07) is 0. The van der Waals surface area contributed by atoms with Gasteiger partial charge in [-0.2, -0.15) is 12.6 Å². The van der Waals surface area contributed by atoms with Crippen LogP contribution in [0.15, 0.2) is 22.8 Å². The molecule has 0 saturated carbocycles. The van der Waals surface area contributed by atoms with Gasteiger partial charge in [0.05, 0.1) is 6.10 Å². The van der Waals surface area contributed by atoms with Gasteiger partial charge in [-0.25, -0.2) is 0 Å². The van der Waals surface area contributed by atoms with Crippen LogP contribution in [0.3, 0.4) is 0 Å². The highest BCUT2D eigenvalue weighted by Gasteiger charge is 2.21. The molecule has 14 heavy (non-hydrogen) atoms. The van der Waals surface area contributed by atoms with Crippen molar-refractivity contribution in [3.05, 3.63) is 22.8 Å². The Morgan fingerprint density at radius 2 is 1.79 bits per heavy atom. The Labute approximate surface area is 93.3 Å². The van der Waals surface area contributed by atoms with Gasteiger partial charge in [0, 0.05) is 5.25 Å². The third kappa shape index (κ3) is 2.89. The molecule has 1 nitrogen and oxygen atoms in total. The average molecular weight is 214 g/mol. The number of thiol groups is 1. The summed E-state index contributed by atoms with van der Waals surface area (Å²) >= 11 is 4.49. The van der Waals surface area contributed by atoms with E-state index in [9.17, 15) is 5.11 Å². The molecular formula is C12H22OS. The Morgan fingerprint density at radius 3 is 2.21 bits per heavy atom. The second-order valence-electron chi connectivity index (χ2n) is 3.31. The van der Waals surface area contributed by atoms with Crippen LogP contribution in [0, 0.1) is 0 Å². The number of hydrogen-bond donors (Lipinski definition) is 2. The molecule has 1 aliphatic rings. The number of hydrogen-bond acceptors (Lipinski definition) is 2. The lowest BCUT2D eigenvalue weighted by atomic mass is 9.90. The van der Waals surface area contributed by atoms with Gasteiger partial charge in [-0.15, -0.1) is 0 Å². The maximum absolute atomic E-state index is 9.60. The Morgan fingerprint density at radius 1 is 1.29 bits per heavy atom. The van der Waals surface area contributed by atoms with Gasteiger partial charge < -0.3 is 5.11 Å². The monoisotopic (exact) mass is 214 g/mol. The first-order valence-corrected chi connectivity index (χ1v) is 5.83. The van der Waals surface area contributed by atoms with Gasteiger partial charge in [-0.3, -0.25) is 0 Å². The van der Waals surface area contributed by atoms with E-state index in [1.807, 2.05) is 33.8 Å². The van der Waals surface area contributed by atoms with E-state index in [1.165, 1.54) is 11.1 Å². The molecule has 1 aliphatic carbocycles. The maximum Gasteiger partial charge on any atom is 0.0935 e. The van der Waals surface area contributed by atoms with Crippen molar-refractivity contribution in [2.24, 2.45) is 0 Å². The highest BCUT2D eigenvalue weighted by molar-refractivity contribution is 7.81. The molecule has 0 amide bonds. The first-order valence-electron chi connectivity index (χ1n) is 5.32. The highest BCUT2D eigenvalue weighted by Crippen LogP contribution is 2.30. The molecule has 0 saturated heterocycles. The van der Waals surface area contributed by atoms with Crippen LogP contribution in [-0.2, 0) is 0 Å². The van der Waals surface area contributed by atoms with Crippen molar-refractivity contribution in [3.8, 4) is 0 Å². The summed E-state index contributed by atoms with van der Waals surface area (Å²) in [5.41, 5.74) is 3.48. The molecule has 0 spiro atoms. The predicted octanol–water partition coefficient (Wildman–Crippen LogP) is 3.36. The second-order valence-corrected chi connectivity index (χ2v) is 3.82. The minimum atomic E-state index is -0.386. The molecule has 2 heteroatoms. The average Bonchev–Trinajstić information content (AvgIpc) is 2.23. The molecule has 0 bridgehead atoms. The first kappa shape index (κ1) is 13.8. The van der Waals surface area contributed by atoms with Crippen molar-refractivity contribution in [2.45, 2.75) is 52.4 Å². The standard InChI is InChI=1S/C10H16OS.C2H6/c1-4-8-5-9(11)6(2)7(3)10(8)12;1-2/h5,9-12H,4H2,1-3H3;1-2H3. The van der Waals surface area contributed by atoms with Gasteiger partial charge >= 0.3 is 0 Å². The summed E-state index contributed by atoms with van der Waals surface area (Å²) < 4.78 is 0. The molecule has 2 atom stereocenters. The summed E-state index contributed by atoms with van der Waals surface area (Å²) in [5, 5.41) is 9.82. The summed E-state index contributed by atoms with van der Waals surface area (Å²) in [6.07, 6.45) is 2.50. The summed E-state index contributed by atoms with van der Waals surface area (Å²) in [4.78, 5) is 0. The molecule has 0 aromatic rings. The molecule has 0 fully saturated rings. The smallest absolute Gasteiger partial charge is 0.0935 e. The SMILES string of the molecule is CC.CCC1=CC(O)C(C)=C(C)C1S. The lowest BCUT2D eigenvalue weighted by Crippen LogP contribution is -2.20. The van der Waals surface area contributed by atoms with Gasteiger partial charge in [0.1, 0.15) is 0 Å². The van der Waals surface area contributed by atoms with Crippen molar-refractivity contribution in [1.29, 1.82) is 0 Å². The molecule has 0 aliphatic heterocycles. The van der Waals surface area contributed by atoms with E-state index < -0.39 is 0 Å². The number of rotatable bonds is 1. The van der Waals surface area contributed by atoms with Crippen molar-refractivity contribution in [3.63, 3.8) is 0 Å². The van der Waals surface area contributed by atoms with Crippen LogP contribution in [0.25, 0.3) is 0 Å². The van der Waals surface area contributed by atoms with Crippen LogP contribution >= 0.6 is 12.6 Å². The zero-order valence-electron chi connectivity index (χ0n) is 9.83. The second kappa shape index (κ2) is 6.31. The van der Waals surface area contributed by atoms with Crippen LogP contribution in [0.4, 0.5) is 0 Å². The Hall–Kier alpha value is -0.210. The lowest BCUT2D eigenvalue weighted by molar-refractivity contribution is 0.254. The highest BCUT2D eigenvalue weighted by atomic mass is 32.1. The summed E-state index contributed by atoms with van der Waals surface area (Å²) in [5.74, 6) is 0. The van der Waals surface area contributed by atoms with Crippen LogP contribution in [0.1, 0.15) is 41.0 Å². The predicted molar refractivity (Wildman–Crippen MR) is 66.9 cm³/mol. The molecular weight excluding hydrogens is 192 g/mol. The quantitative estimate of drug-likeness (QED) is 0.506. The molecule has 0 heterocycles. The fourth-order valence-corrected chi connectivity index (χ4v) is 1.93. The maximum atomic E-state index is 9.60. The van der Waals surface area contributed by atoms with Gasteiger partial charge in [-0.05, 0) is 25.8 Å². The van der Waals surface area contributed by atoms with E-state index in [-0.39, 0.29) is 11.4 Å². The van der Waals surface area contributed by atoms with E-state index in [2.05, 4.69) is 19.6 Å². The summed E-state index contributed by atoms with van der Waals surface area (Å²) in [7, 11) is 0. The van der Waals surface area contributed by atoms with Crippen LogP contribution < -0.4 is 0 Å². The van der Waals surface area contributed by atoms with Crippen LogP contribution in [0.5, 0.6) is 0 Å². The van der Waals surface area contributed by atoms with E-state index in [0.29, 0.717) is 0 Å². The van der Waals surface area contributed by atoms with E-state index in [0.717, 1.165) is 12.0 Å². The van der Waals surface area contributed by atoms with Gasteiger partial charge in [0.2, 0.25) is 0 Å². The van der Waals surface area contributed by atoms with Crippen LogP contribution in [-0.4, -0.2) is 16.5 Å². The number of aliphatic hydroxyl groups is 1. The first-order chi connectivity index (χ1) is 6.57. The molecule has 82 valence electrons. The molecule has 1 rings (SSSR count). The van der Waals surface area contributed by atoms with Crippen molar-refractivity contribution in [1.82, 2.24) is 0 Å². The number of aliphatic hydroxyl groups excluding tert-OH is 1. The minimum absolute atomic E-state index is 0.221. The van der Waals surface area contributed by atoms with E-state index in [1.54, 1.807) is 0 Å². The lowest BCUT2D eigenvalue weighted by Gasteiger charge is -2.25. The van der Waals surface area contributed by atoms with Gasteiger partial charge in [0.25, 0.3) is 0 Å². The van der Waals surface area contributed by atoms with E-state index >= 15 is 0 Å². The fraction of sp³-hybridized carbons (Fsp3) is 0.667. The third-order valence-corrected chi connectivity index (χ3v) is 3.33. The molecule has 2 unspecified atom stereocenters. The zero-order valence-corrected chi connectivity index (χ0v) is 10.7.